The van der Waals surface area contributed by atoms with E-state index in [-0.39, 0.29) is 12.4 Å². The predicted molar refractivity (Wildman–Crippen MR) is 115 cm³/mol. The van der Waals surface area contributed by atoms with E-state index in [1.165, 1.54) is 0 Å². The van der Waals surface area contributed by atoms with Gasteiger partial charge in [-0.1, -0.05) is 53.7 Å². The lowest BCUT2D eigenvalue weighted by Crippen LogP contribution is -2.34. The number of halogens is 1. The standard InChI is InChI=1S/C22H24N2O4.ClH/c1-27-20-11-5-9-18(15-20)21(17-7-3-2-4-8-17)23-28-14-13-24-12-6-10-19(16-24)22(25)26;/h2-5,7-11,15H,6,12-14,16H2,1H3,(H,25,26);1H/b23-21+;. The Labute approximate surface area is 176 Å². The fraction of sp³-hybridized carbons (Fsp3) is 0.273. The summed E-state index contributed by atoms with van der Waals surface area (Å²) in [5.41, 5.74) is 3.02. The molecule has 0 radical (unpaired) electrons. The Kier molecular flexibility index (Phi) is 8.70. The molecule has 0 spiro atoms. The summed E-state index contributed by atoms with van der Waals surface area (Å²) in [7, 11) is 1.63. The Balaban J connectivity index is 0.00000300. The Morgan fingerprint density at radius 3 is 2.62 bits per heavy atom. The van der Waals surface area contributed by atoms with E-state index in [2.05, 4.69) is 10.1 Å². The van der Waals surface area contributed by atoms with Gasteiger partial charge in [0.1, 0.15) is 18.1 Å². The van der Waals surface area contributed by atoms with Crippen LogP contribution >= 0.6 is 12.4 Å². The van der Waals surface area contributed by atoms with Crippen LogP contribution in [-0.4, -0.2) is 55.0 Å². The summed E-state index contributed by atoms with van der Waals surface area (Å²) in [6.45, 7) is 2.26. The summed E-state index contributed by atoms with van der Waals surface area (Å²) in [6, 6.07) is 17.5. The molecule has 0 aromatic heterocycles. The number of oxime groups is 1. The molecule has 7 heteroatoms. The van der Waals surface area contributed by atoms with Crippen LogP contribution in [0, 0.1) is 0 Å². The van der Waals surface area contributed by atoms with Crippen LogP contribution in [0.4, 0.5) is 0 Å². The van der Waals surface area contributed by atoms with E-state index in [0.717, 1.165) is 35.6 Å². The van der Waals surface area contributed by atoms with Crippen LogP contribution in [0.15, 0.2) is 71.4 Å². The van der Waals surface area contributed by atoms with Crippen molar-refractivity contribution < 1.29 is 19.5 Å². The SMILES string of the molecule is COc1cccc(/C(=N/OCCN2CCC=C(C(=O)O)C2)c2ccccc2)c1.Cl. The Bertz CT molecular complexity index is 868. The van der Waals surface area contributed by atoms with Crippen LogP contribution in [0.5, 0.6) is 5.75 Å². The van der Waals surface area contributed by atoms with Gasteiger partial charge in [0.25, 0.3) is 0 Å². The smallest absolute Gasteiger partial charge is 0.332 e. The molecule has 0 unspecified atom stereocenters. The number of carboxylic acids is 1. The lowest BCUT2D eigenvalue weighted by molar-refractivity contribution is -0.133. The minimum Gasteiger partial charge on any atom is -0.497 e. The number of hydrogen-bond acceptors (Lipinski definition) is 5. The second kappa shape index (κ2) is 11.2. The van der Waals surface area contributed by atoms with Crippen LogP contribution < -0.4 is 4.74 Å². The number of ether oxygens (including phenoxy) is 1. The zero-order chi connectivity index (χ0) is 19.8. The molecule has 0 saturated carbocycles. The number of nitrogens with zero attached hydrogens (tertiary/aromatic N) is 2. The molecule has 0 aliphatic carbocycles. The second-order valence-corrected chi connectivity index (χ2v) is 6.47. The number of rotatable bonds is 8. The van der Waals surface area contributed by atoms with Gasteiger partial charge in [0, 0.05) is 36.3 Å². The van der Waals surface area contributed by atoms with Gasteiger partial charge >= 0.3 is 5.97 Å². The van der Waals surface area contributed by atoms with E-state index in [1.807, 2.05) is 54.6 Å². The first-order valence-corrected chi connectivity index (χ1v) is 9.22. The third-order valence-electron chi connectivity index (χ3n) is 4.55. The molecule has 0 atom stereocenters. The maximum Gasteiger partial charge on any atom is 0.332 e. The first-order valence-electron chi connectivity index (χ1n) is 9.22. The van der Waals surface area contributed by atoms with Crippen LogP contribution in [-0.2, 0) is 9.63 Å². The van der Waals surface area contributed by atoms with Gasteiger partial charge in [-0.05, 0) is 18.6 Å². The van der Waals surface area contributed by atoms with E-state index in [0.29, 0.717) is 25.3 Å². The van der Waals surface area contributed by atoms with Crippen LogP contribution in [0.25, 0.3) is 0 Å². The molecule has 2 aromatic carbocycles. The van der Waals surface area contributed by atoms with Gasteiger partial charge in [-0.2, -0.15) is 0 Å². The van der Waals surface area contributed by atoms with Crippen molar-refractivity contribution in [2.24, 2.45) is 5.16 Å². The van der Waals surface area contributed by atoms with Gasteiger partial charge in [-0.25, -0.2) is 4.79 Å². The van der Waals surface area contributed by atoms with Crippen LogP contribution in [0.3, 0.4) is 0 Å². The average molecular weight is 417 g/mol. The van der Waals surface area contributed by atoms with Gasteiger partial charge in [-0.3, -0.25) is 4.90 Å². The van der Waals surface area contributed by atoms with E-state index in [1.54, 1.807) is 13.2 Å². The van der Waals surface area contributed by atoms with Crippen LogP contribution in [0.2, 0.25) is 0 Å². The molecule has 0 saturated heterocycles. The summed E-state index contributed by atoms with van der Waals surface area (Å²) in [5.74, 6) is -0.101. The van der Waals surface area contributed by atoms with Crippen molar-refractivity contribution >= 4 is 24.1 Å². The number of aliphatic carboxylic acids is 1. The van der Waals surface area contributed by atoms with Gasteiger partial charge in [-0.15, -0.1) is 12.4 Å². The number of methoxy groups -OCH3 is 1. The summed E-state index contributed by atoms with van der Waals surface area (Å²) in [4.78, 5) is 18.8. The van der Waals surface area contributed by atoms with Crippen molar-refractivity contribution in [3.63, 3.8) is 0 Å². The van der Waals surface area contributed by atoms with Gasteiger partial charge in [0.15, 0.2) is 0 Å². The van der Waals surface area contributed by atoms with Crippen molar-refractivity contribution in [1.82, 2.24) is 4.90 Å². The van der Waals surface area contributed by atoms with Crippen molar-refractivity contribution in [3.05, 3.63) is 77.4 Å². The number of carboxylic acid groups (broad SMARTS) is 1. The van der Waals surface area contributed by atoms with Gasteiger partial charge in [0.2, 0.25) is 0 Å². The number of benzene rings is 2. The van der Waals surface area contributed by atoms with Crippen LogP contribution in [0.1, 0.15) is 17.5 Å². The monoisotopic (exact) mass is 416 g/mol. The van der Waals surface area contributed by atoms with E-state index in [9.17, 15) is 4.79 Å². The molecule has 1 N–H and O–H groups in total. The number of carbonyl (C=O) groups is 1. The summed E-state index contributed by atoms with van der Waals surface area (Å²) in [5, 5.41) is 13.5. The normalized spacial score (nSPS) is 14.5. The fourth-order valence-corrected chi connectivity index (χ4v) is 3.07. The third kappa shape index (κ3) is 6.34. The zero-order valence-corrected chi connectivity index (χ0v) is 17.1. The highest BCUT2D eigenvalue weighted by molar-refractivity contribution is 6.12. The molecule has 0 fully saturated rings. The molecule has 2 aromatic rings. The first-order chi connectivity index (χ1) is 13.7. The Morgan fingerprint density at radius 1 is 1.14 bits per heavy atom. The zero-order valence-electron chi connectivity index (χ0n) is 16.3. The van der Waals surface area contributed by atoms with Gasteiger partial charge < -0.3 is 14.7 Å². The summed E-state index contributed by atoms with van der Waals surface area (Å²) < 4.78 is 5.32. The first kappa shape index (κ1) is 22.5. The van der Waals surface area contributed by atoms with E-state index < -0.39 is 5.97 Å². The fourth-order valence-electron chi connectivity index (χ4n) is 3.07. The Morgan fingerprint density at radius 2 is 1.90 bits per heavy atom. The van der Waals surface area contributed by atoms with Crippen molar-refractivity contribution in [1.29, 1.82) is 0 Å². The summed E-state index contributed by atoms with van der Waals surface area (Å²) >= 11 is 0. The molecular formula is C22H25ClN2O4. The highest BCUT2D eigenvalue weighted by atomic mass is 35.5. The topological polar surface area (TPSA) is 71.4 Å². The number of hydrogen-bond donors (Lipinski definition) is 1. The molecule has 0 bridgehead atoms. The second-order valence-electron chi connectivity index (χ2n) is 6.47. The van der Waals surface area contributed by atoms with E-state index in [4.69, 9.17) is 14.7 Å². The lowest BCUT2D eigenvalue weighted by Gasteiger charge is -2.24. The highest BCUT2D eigenvalue weighted by Gasteiger charge is 2.17. The molecule has 0 amide bonds. The molecule has 6 nitrogen and oxygen atoms in total. The van der Waals surface area contributed by atoms with E-state index >= 15 is 0 Å². The van der Waals surface area contributed by atoms with Crippen molar-refractivity contribution in [3.8, 4) is 5.75 Å². The quantitative estimate of drug-likeness (QED) is 0.404. The molecule has 3 rings (SSSR count). The van der Waals surface area contributed by atoms with Crippen molar-refractivity contribution in [2.45, 2.75) is 6.42 Å². The molecular weight excluding hydrogens is 392 g/mol. The lowest BCUT2D eigenvalue weighted by atomic mass is 10.0. The minimum atomic E-state index is -0.854. The predicted octanol–water partition coefficient (Wildman–Crippen LogP) is 3.60. The minimum absolute atomic E-state index is 0. The Hall–Kier alpha value is -2.83. The summed E-state index contributed by atoms with van der Waals surface area (Å²) in [6.07, 6.45) is 2.53. The third-order valence-corrected chi connectivity index (χ3v) is 4.55. The largest absolute Gasteiger partial charge is 0.497 e. The average Bonchev–Trinajstić information content (AvgIpc) is 2.74. The maximum atomic E-state index is 11.1. The van der Waals surface area contributed by atoms with Crippen molar-refractivity contribution in [2.75, 3.05) is 33.4 Å². The molecule has 1 aliphatic heterocycles. The molecule has 1 heterocycles. The molecule has 29 heavy (non-hydrogen) atoms. The maximum absolute atomic E-state index is 11.1. The molecule has 154 valence electrons. The molecule has 1 aliphatic rings. The highest BCUT2D eigenvalue weighted by Crippen LogP contribution is 2.17. The van der Waals surface area contributed by atoms with Gasteiger partial charge in [0.05, 0.1) is 7.11 Å².